The molecule has 38 heavy (non-hydrogen) atoms. The van der Waals surface area contributed by atoms with E-state index in [4.69, 9.17) is 39.8 Å². The zero-order valence-corrected chi connectivity index (χ0v) is 22.8. The molecule has 4 N–H and O–H groups in total. The number of benzene rings is 2. The van der Waals surface area contributed by atoms with Crippen LogP contribution in [0.25, 0.3) is 5.69 Å². The fourth-order valence-corrected chi connectivity index (χ4v) is 6.07. The van der Waals surface area contributed by atoms with Crippen LogP contribution >= 0.6 is 46.6 Å². The summed E-state index contributed by atoms with van der Waals surface area (Å²) in [5.41, 5.74) is 0.526. The summed E-state index contributed by atoms with van der Waals surface area (Å²) in [6.45, 7) is 3.51. The van der Waals surface area contributed by atoms with Gasteiger partial charge in [0.1, 0.15) is 12.0 Å². The Morgan fingerprint density at radius 3 is 2.32 bits per heavy atom. The third-order valence-corrected chi connectivity index (χ3v) is 7.77. The maximum atomic E-state index is 12.3. The molecule has 5 rings (SSSR count). The Morgan fingerprint density at radius 2 is 1.66 bits per heavy atom. The number of H-pyrrole nitrogens is 1. The molecule has 2 aromatic heterocycles. The van der Waals surface area contributed by atoms with E-state index in [2.05, 4.69) is 25.3 Å². The van der Waals surface area contributed by atoms with Crippen molar-refractivity contribution >= 4 is 52.4 Å². The zero-order chi connectivity index (χ0) is 25.9. The third kappa shape index (κ3) is 6.20. The van der Waals surface area contributed by atoms with Crippen LogP contribution in [0.4, 0.5) is 5.82 Å². The average Bonchev–Trinajstić information content (AvgIpc) is 2.89. The summed E-state index contributed by atoms with van der Waals surface area (Å²) in [7, 11) is 0. The van der Waals surface area contributed by atoms with Crippen LogP contribution in [0.15, 0.2) is 69.6 Å². The Labute approximate surface area is 236 Å². The molecule has 1 atom stereocenters. The van der Waals surface area contributed by atoms with Crippen molar-refractivity contribution in [3.05, 3.63) is 102 Å². The van der Waals surface area contributed by atoms with E-state index in [1.54, 1.807) is 30.5 Å². The molecular formula is C24H22Cl3N7O3S. The van der Waals surface area contributed by atoms with Gasteiger partial charge in [-0.15, -0.1) is 0 Å². The number of hydrogen-bond acceptors (Lipinski definition) is 8. The van der Waals surface area contributed by atoms with Crippen molar-refractivity contribution in [3.8, 4) is 5.69 Å². The van der Waals surface area contributed by atoms with Gasteiger partial charge in [0.25, 0.3) is 5.56 Å². The van der Waals surface area contributed by atoms with Gasteiger partial charge < -0.3 is 15.7 Å². The zero-order valence-electron chi connectivity index (χ0n) is 19.7. The van der Waals surface area contributed by atoms with Crippen molar-refractivity contribution in [1.82, 2.24) is 30.0 Å². The minimum Gasteiger partial charge on any atom is -0.412 e. The van der Waals surface area contributed by atoms with E-state index in [9.17, 15) is 9.59 Å². The van der Waals surface area contributed by atoms with Crippen LogP contribution in [0.5, 0.6) is 0 Å². The van der Waals surface area contributed by atoms with Crippen molar-refractivity contribution in [2.24, 2.45) is 0 Å². The summed E-state index contributed by atoms with van der Waals surface area (Å²) in [6, 6.07) is 12.4. The number of rotatable bonds is 6. The third-order valence-electron chi connectivity index (χ3n) is 5.74. The number of thioether (sulfide) groups is 1. The first-order chi connectivity index (χ1) is 17.9. The highest BCUT2D eigenvalue weighted by molar-refractivity contribution is 7.99. The number of aromatic nitrogens is 5. The summed E-state index contributed by atoms with van der Waals surface area (Å²) in [4.78, 5) is 37.3. The predicted molar refractivity (Wildman–Crippen MR) is 150 cm³/mol. The van der Waals surface area contributed by atoms with Crippen molar-refractivity contribution in [2.75, 3.05) is 31.1 Å². The van der Waals surface area contributed by atoms with Crippen LogP contribution in [0.1, 0.15) is 16.4 Å². The van der Waals surface area contributed by atoms with Crippen molar-refractivity contribution in [3.63, 3.8) is 0 Å². The Morgan fingerprint density at radius 1 is 0.974 bits per heavy atom. The molecule has 1 fully saturated rings. The van der Waals surface area contributed by atoms with E-state index >= 15 is 0 Å². The number of nitrogens with one attached hydrogen (secondary N) is 2. The smallest absolute Gasteiger partial charge is 0.349 e. The summed E-state index contributed by atoms with van der Waals surface area (Å²) < 4.78 is 1.02. The quantitative estimate of drug-likeness (QED) is 0.256. The Kier molecular flexibility index (Phi) is 9.08. The lowest BCUT2D eigenvalue weighted by Crippen LogP contribution is -2.43. The number of anilines is 1. The highest BCUT2D eigenvalue weighted by Crippen LogP contribution is 2.46. The second kappa shape index (κ2) is 12.3. The molecular weight excluding hydrogens is 573 g/mol. The fraction of sp³-hybridized carbons (Fsp3) is 0.208. The monoisotopic (exact) mass is 593 g/mol. The first kappa shape index (κ1) is 28.1. The Balaban J connectivity index is 0.00000336. The van der Waals surface area contributed by atoms with Gasteiger partial charge >= 0.3 is 5.69 Å². The number of piperazine rings is 1. The average molecular weight is 595 g/mol. The topological polar surface area (TPSA) is 140 Å². The largest absolute Gasteiger partial charge is 0.412 e. The first-order valence-corrected chi connectivity index (χ1v) is 13.3. The van der Waals surface area contributed by atoms with Gasteiger partial charge in [0.2, 0.25) is 0 Å². The minimum atomic E-state index is -0.700. The summed E-state index contributed by atoms with van der Waals surface area (Å²) in [6.07, 6.45) is 2.75. The standard InChI is InChI=1S/C24H20Cl3N7O2S.H2O/c25-15-3-1-14(2-4-15)22(37-23-29-6-5-19(31-23)33-9-7-28-8-10-33)21-17(26)11-16(12-18(21)27)34-24(36)32-20(35)13-30-34;/h1-6,11-13,22,28H,7-10H2,(H,32,35,36);1H2. The van der Waals surface area contributed by atoms with E-state index in [1.807, 2.05) is 18.2 Å². The molecule has 198 valence electrons. The molecule has 14 heteroatoms. The lowest BCUT2D eigenvalue weighted by molar-refractivity contribution is 0.582. The summed E-state index contributed by atoms with van der Waals surface area (Å²) in [5, 5.41) is 8.63. The lowest BCUT2D eigenvalue weighted by atomic mass is 10.0. The summed E-state index contributed by atoms with van der Waals surface area (Å²) in [5.74, 6) is 0.852. The van der Waals surface area contributed by atoms with Crippen molar-refractivity contribution in [2.45, 2.75) is 10.4 Å². The van der Waals surface area contributed by atoms with E-state index in [-0.39, 0.29) is 10.7 Å². The lowest BCUT2D eigenvalue weighted by Gasteiger charge is -2.28. The van der Waals surface area contributed by atoms with Gasteiger partial charge in [-0.2, -0.15) is 9.78 Å². The van der Waals surface area contributed by atoms with Crippen LogP contribution in [0, 0.1) is 0 Å². The number of hydrogen-bond donors (Lipinski definition) is 2. The predicted octanol–water partition coefficient (Wildman–Crippen LogP) is 3.14. The van der Waals surface area contributed by atoms with E-state index < -0.39 is 11.2 Å². The number of nitrogens with zero attached hydrogens (tertiary/aromatic N) is 5. The molecule has 0 bridgehead atoms. The van der Waals surface area contributed by atoms with Crippen LogP contribution in [0.2, 0.25) is 15.1 Å². The highest BCUT2D eigenvalue weighted by atomic mass is 35.5. The first-order valence-electron chi connectivity index (χ1n) is 11.3. The molecule has 0 amide bonds. The maximum absolute atomic E-state index is 12.3. The van der Waals surface area contributed by atoms with Gasteiger partial charge in [-0.3, -0.25) is 9.78 Å². The van der Waals surface area contributed by atoms with Gasteiger partial charge in [-0.05, 0) is 35.9 Å². The SMILES string of the molecule is O.O=c1cnn(-c2cc(Cl)c(C(Sc3nccc(N4CCNCC4)n3)c3ccc(Cl)cc3)c(Cl)c2)c(=O)[nH]1. The van der Waals surface area contributed by atoms with Crippen LogP contribution in [0.3, 0.4) is 0 Å². The molecule has 3 heterocycles. The molecule has 1 unspecified atom stereocenters. The Bertz CT molecular complexity index is 1520. The van der Waals surface area contributed by atoms with Crippen molar-refractivity contribution < 1.29 is 5.48 Å². The van der Waals surface area contributed by atoms with Gasteiger partial charge in [0.15, 0.2) is 5.16 Å². The molecule has 0 radical (unpaired) electrons. The summed E-state index contributed by atoms with van der Waals surface area (Å²) >= 11 is 21.1. The molecule has 1 saturated heterocycles. The second-order valence-electron chi connectivity index (χ2n) is 8.16. The molecule has 4 aromatic rings. The molecule has 0 spiro atoms. The van der Waals surface area contributed by atoms with Crippen LogP contribution in [-0.4, -0.2) is 56.4 Å². The maximum Gasteiger partial charge on any atom is 0.349 e. The van der Waals surface area contributed by atoms with Crippen LogP contribution < -0.4 is 21.5 Å². The molecule has 1 aliphatic rings. The van der Waals surface area contributed by atoms with Crippen molar-refractivity contribution in [1.29, 1.82) is 0 Å². The number of halogens is 3. The Hall–Kier alpha value is -2.93. The van der Waals surface area contributed by atoms with Gasteiger partial charge in [-0.1, -0.05) is 58.7 Å². The van der Waals surface area contributed by atoms with E-state index in [0.717, 1.165) is 48.4 Å². The molecule has 10 nitrogen and oxygen atoms in total. The minimum absolute atomic E-state index is 0. The van der Waals surface area contributed by atoms with Gasteiger partial charge in [0, 0.05) is 53.0 Å². The molecule has 0 saturated carbocycles. The number of aromatic amines is 1. The van der Waals surface area contributed by atoms with Gasteiger partial charge in [-0.25, -0.2) is 14.8 Å². The second-order valence-corrected chi connectivity index (χ2v) is 10.5. The highest BCUT2D eigenvalue weighted by Gasteiger charge is 2.25. The van der Waals surface area contributed by atoms with Crippen LogP contribution in [-0.2, 0) is 0 Å². The van der Waals surface area contributed by atoms with E-state index in [1.165, 1.54) is 11.8 Å². The van der Waals surface area contributed by atoms with Gasteiger partial charge in [0.05, 0.1) is 10.9 Å². The van der Waals surface area contributed by atoms with E-state index in [0.29, 0.717) is 31.5 Å². The fourth-order valence-electron chi connectivity index (χ4n) is 3.98. The normalized spacial score (nSPS) is 14.1. The molecule has 0 aliphatic carbocycles. The molecule has 2 aromatic carbocycles. The molecule has 1 aliphatic heterocycles.